The molecule has 4 atom stereocenters. The number of rotatable bonds is 7. The molecule has 7 heteroatoms. The van der Waals surface area contributed by atoms with E-state index in [4.69, 9.17) is 9.16 Å². The highest BCUT2D eigenvalue weighted by Crippen LogP contribution is 2.41. The van der Waals surface area contributed by atoms with Crippen LogP contribution in [0.4, 0.5) is 0 Å². The molecule has 1 fully saturated rings. The minimum absolute atomic E-state index is 0.183. The molecule has 2 aromatic carbocycles. The van der Waals surface area contributed by atoms with Crippen LogP contribution in [-0.2, 0) is 14.0 Å². The van der Waals surface area contributed by atoms with Crippen molar-refractivity contribution < 1.29 is 19.1 Å². The summed E-state index contributed by atoms with van der Waals surface area (Å²) in [6.07, 6.45) is 1.28. The Morgan fingerprint density at radius 3 is 2.19 bits per heavy atom. The first-order valence-electron chi connectivity index (χ1n) is 12.3. The molecule has 0 saturated carbocycles. The minimum atomic E-state index is -2.89. The number of nitrogens with zero attached hydrogens (tertiary/aromatic N) is 1. The fraction of sp³-hybridized carbons (Fsp3) is 0.345. The zero-order valence-electron chi connectivity index (χ0n) is 21.5. The quantitative estimate of drug-likeness (QED) is 0.447. The molecule has 4 rings (SSSR count). The molecule has 0 aromatic heterocycles. The van der Waals surface area contributed by atoms with Gasteiger partial charge in [0.15, 0.2) is 0 Å². The summed E-state index contributed by atoms with van der Waals surface area (Å²) in [5.41, 5.74) is 0.558. The van der Waals surface area contributed by atoms with Gasteiger partial charge in [0.25, 0.3) is 14.2 Å². The van der Waals surface area contributed by atoms with E-state index < -0.39 is 32.9 Å². The Morgan fingerprint density at radius 1 is 1.14 bits per heavy atom. The lowest BCUT2D eigenvalue weighted by atomic mass is 10.1. The smallest absolute Gasteiger partial charge is 0.261 e. The van der Waals surface area contributed by atoms with E-state index in [9.17, 15) is 9.90 Å². The minimum Gasteiger partial charge on any atom is -0.402 e. The summed E-state index contributed by atoms with van der Waals surface area (Å²) >= 11 is 0. The number of hydrogen-bond acceptors (Lipinski definition) is 5. The third kappa shape index (κ3) is 4.71. The van der Waals surface area contributed by atoms with Gasteiger partial charge in [-0.1, -0.05) is 94.1 Å². The van der Waals surface area contributed by atoms with Crippen LogP contribution in [0.25, 0.3) is 0 Å². The average molecular weight is 505 g/mol. The summed E-state index contributed by atoms with van der Waals surface area (Å²) in [5, 5.41) is 15.8. The second-order valence-corrected chi connectivity index (χ2v) is 14.7. The van der Waals surface area contributed by atoms with Crippen molar-refractivity contribution >= 4 is 24.6 Å². The SMILES string of the molecule is C=CC(O)C1OC(N2C=C(C)C(=O)NC2=C)CC1O[Si](c1ccccc1)(c1ccccc1)C(C)(C)C. The molecule has 2 heterocycles. The van der Waals surface area contributed by atoms with Crippen LogP contribution >= 0.6 is 0 Å². The lowest BCUT2D eigenvalue weighted by molar-refractivity contribution is -0.119. The molecule has 2 aromatic rings. The first-order chi connectivity index (χ1) is 17.1. The normalized spacial score (nSPS) is 23.8. The summed E-state index contributed by atoms with van der Waals surface area (Å²) in [6.45, 7) is 16.2. The van der Waals surface area contributed by atoms with Gasteiger partial charge >= 0.3 is 0 Å². The maximum absolute atomic E-state index is 12.1. The molecule has 36 heavy (non-hydrogen) atoms. The van der Waals surface area contributed by atoms with E-state index in [1.807, 2.05) is 41.3 Å². The zero-order valence-corrected chi connectivity index (χ0v) is 22.5. The Kier molecular flexibility index (Phi) is 7.38. The van der Waals surface area contributed by atoms with Crippen molar-refractivity contribution in [3.05, 3.63) is 97.5 Å². The van der Waals surface area contributed by atoms with E-state index in [2.05, 4.69) is 63.5 Å². The average Bonchev–Trinajstić information content (AvgIpc) is 3.28. The maximum Gasteiger partial charge on any atom is 0.261 e. The van der Waals surface area contributed by atoms with Crippen LogP contribution < -0.4 is 15.7 Å². The molecule has 0 bridgehead atoms. The van der Waals surface area contributed by atoms with Gasteiger partial charge in [-0.3, -0.25) is 4.79 Å². The van der Waals surface area contributed by atoms with E-state index in [1.165, 1.54) is 6.08 Å². The number of benzene rings is 2. The molecular weight excluding hydrogens is 468 g/mol. The third-order valence-corrected chi connectivity index (χ3v) is 12.1. The van der Waals surface area contributed by atoms with Gasteiger partial charge in [-0.05, 0) is 22.3 Å². The molecule has 4 unspecified atom stereocenters. The second kappa shape index (κ2) is 10.2. The van der Waals surface area contributed by atoms with Gasteiger partial charge < -0.3 is 24.5 Å². The van der Waals surface area contributed by atoms with Crippen molar-refractivity contribution in [1.29, 1.82) is 0 Å². The van der Waals surface area contributed by atoms with Gasteiger partial charge in [-0.25, -0.2) is 0 Å². The Hall–Kier alpha value is -2.97. The zero-order chi connectivity index (χ0) is 26.1. The van der Waals surface area contributed by atoms with Gasteiger partial charge in [0, 0.05) is 18.2 Å². The van der Waals surface area contributed by atoms with E-state index in [1.54, 1.807) is 13.1 Å². The monoisotopic (exact) mass is 504 g/mol. The highest BCUT2D eigenvalue weighted by atomic mass is 28.4. The summed E-state index contributed by atoms with van der Waals surface area (Å²) < 4.78 is 13.7. The van der Waals surface area contributed by atoms with Crippen LogP contribution in [0, 0.1) is 0 Å². The molecule has 2 aliphatic heterocycles. The van der Waals surface area contributed by atoms with Crippen molar-refractivity contribution in [2.45, 2.75) is 63.7 Å². The number of ether oxygens (including phenoxy) is 1. The van der Waals surface area contributed by atoms with Crippen LogP contribution in [0.2, 0.25) is 5.04 Å². The fourth-order valence-corrected chi connectivity index (χ4v) is 9.90. The van der Waals surface area contributed by atoms with Gasteiger partial charge in [-0.2, -0.15) is 0 Å². The molecular formula is C29H36N2O4Si. The first kappa shape index (κ1) is 26.1. The van der Waals surface area contributed by atoms with Crippen molar-refractivity contribution in [1.82, 2.24) is 10.2 Å². The highest BCUT2D eigenvalue weighted by Gasteiger charge is 2.54. The topological polar surface area (TPSA) is 71.0 Å². The molecule has 1 saturated heterocycles. The van der Waals surface area contributed by atoms with Crippen molar-refractivity contribution in [2.24, 2.45) is 0 Å². The number of carbonyl (C=O) groups excluding carboxylic acids is 1. The molecule has 2 aliphatic rings. The Bertz CT molecular complexity index is 1100. The molecule has 190 valence electrons. The number of carbonyl (C=O) groups is 1. The number of aliphatic hydroxyl groups excluding tert-OH is 1. The van der Waals surface area contributed by atoms with E-state index in [0.717, 1.165) is 10.4 Å². The van der Waals surface area contributed by atoms with Crippen LogP contribution in [0.15, 0.2) is 97.5 Å². The van der Waals surface area contributed by atoms with Crippen molar-refractivity contribution in [3.63, 3.8) is 0 Å². The molecule has 1 amide bonds. The summed E-state index contributed by atoms with van der Waals surface area (Å²) in [6, 6.07) is 20.8. The molecule has 0 aliphatic carbocycles. The van der Waals surface area contributed by atoms with E-state index in [-0.39, 0.29) is 10.9 Å². The molecule has 2 N–H and O–H groups in total. The molecule has 0 radical (unpaired) electrons. The largest absolute Gasteiger partial charge is 0.402 e. The standard InChI is InChI=1S/C29H36N2O4Si/c1-7-24(32)27-25(18-26(34-27)31-19-20(2)28(33)30-21(31)3)35-36(29(4,5)6,22-14-10-8-11-15-22)23-16-12-9-13-17-23/h7-17,19,24-27,32H,1,3,18H2,2,4-6H3,(H,30,33). The van der Waals surface area contributed by atoms with Crippen LogP contribution in [-0.4, -0.2) is 48.8 Å². The van der Waals surface area contributed by atoms with Crippen molar-refractivity contribution in [3.8, 4) is 0 Å². The predicted octanol–water partition coefficient (Wildman–Crippen LogP) is 3.40. The van der Waals surface area contributed by atoms with Crippen LogP contribution in [0.1, 0.15) is 34.1 Å². The second-order valence-electron chi connectivity index (χ2n) is 10.5. The maximum atomic E-state index is 12.1. The Labute approximate surface area is 215 Å². The molecule has 6 nitrogen and oxygen atoms in total. The van der Waals surface area contributed by atoms with E-state index in [0.29, 0.717) is 17.8 Å². The predicted molar refractivity (Wildman–Crippen MR) is 145 cm³/mol. The summed E-state index contributed by atoms with van der Waals surface area (Å²) in [4.78, 5) is 13.9. The summed E-state index contributed by atoms with van der Waals surface area (Å²) in [5.74, 6) is 0.255. The number of amides is 1. The van der Waals surface area contributed by atoms with Gasteiger partial charge in [0.2, 0.25) is 0 Å². The van der Waals surface area contributed by atoms with Gasteiger partial charge in [-0.15, -0.1) is 6.58 Å². The Balaban J connectivity index is 1.79. The van der Waals surface area contributed by atoms with Crippen LogP contribution in [0.3, 0.4) is 0 Å². The van der Waals surface area contributed by atoms with E-state index >= 15 is 0 Å². The summed E-state index contributed by atoms with van der Waals surface area (Å²) in [7, 11) is -2.89. The lowest BCUT2D eigenvalue weighted by Gasteiger charge is -2.45. The first-order valence-corrected chi connectivity index (χ1v) is 14.2. The number of nitrogens with one attached hydrogen (secondary N) is 1. The third-order valence-electron chi connectivity index (χ3n) is 7.01. The Morgan fingerprint density at radius 2 is 1.69 bits per heavy atom. The number of hydrogen-bond donors (Lipinski definition) is 2. The highest BCUT2D eigenvalue weighted by molar-refractivity contribution is 6.99. The number of aliphatic hydroxyl groups is 1. The van der Waals surface area contributed by atoms with Crippen LogP contribution in [0.5, 0.6) is 0 Å². The van der Waals surface area contributed by atoms with Crippen molar-refractivity contribution in [2.75, 3.05) is 0 Å². The fourth-order valence-electron chi connectivity index (χ4n) is 5.20. The lowest BCUT2D eigenvalue weighted by Crippen LogP contribution is -2.68. The van der Waals surface area contributed by atoms with Gasteiger partial charge in [0.05, 0.1) is 6.10 Å². The van der Waals surface area contributed by atoms with Gasteiger partial charge in [0.1, 0.15) is 24.3 Å². The molecule has 0 spiro atoms.